The molecule has 0 atom stereocenters. The Morgan fingerprint density at radius 3 is 0.837 bits per heavy atom. The molecule has 0 saturated heterocycles. The van der Waals surface area contributed by atoms with Gasteiger partial charge in [-0.15, -0.1) is 0 Å². The van der Waals surface area contributed by atoms with Crippen molar-refractivity contribution in [3.63, 3.8) is 0 Å². The lowest BCUT2D eigenvalue weighted by Crippen LogP contribution is -1.96. The largest absolute Gasteiger partial charge is 0.309 e. The highest BCUT2D eigenvalue weighted by molar-refractivity contribution is 6.10. The fourth-order valence-corrected chi connectivity index (χ4v) is 18.3. The third kappa shape index (κ3) is 16.4. The van der Waals surface area contributed by atoms with Gasteiger partial charge in [-0.3, -0.25) is 29.5 Å². The molecule has 135 heavy (non-hydrogen) atoms. The van der Waals surface area contributed by atoms with E-state index in [1.165, 1.54) is 55.3 Å². The van der Waals surface area contributed by atoms with Gasteiger partial charge in [0.2, 0.25) is 0 Å². The fourth-order valence-electron chi connectivity index (χ4n) is 18.3. The Hall–Kier alpha value is -18.4. The van der Waals surface area contributed by atoms with Crippen LogP contribution in [0.1, 0.15) is 0 Å². The topological polar surface area (TPSA) is 131 Å². The molecule has 12 aromatic heterocycles. The van der Waals surface area contributed by atoms with E-state index in [2.05, 4.69) is 404 Å². The van der Waals surface area contributed by atoms with Crippen LogP contribution in [0.4, 0.5) is 0 Å². The van der Waals surface area contributed by atoms with Gasteiger partial charge in [-0.1, -0.05) is 297 Å². The molecule has 0 aliphatic rings. The maximum Gasteiger partial charge on any atom is 0.145 e. The number of benzene rings is 13. The van der Waals surface area contributed by atoms with Gasteiger partial charge in [-0.25, -0.2) is 19.9 Å². The van der Waals surface area contributed by atoms with Crippen LogP contribution < -0.4 is 0 Å². The first-order valence-corrected chi connectivity index (χ1v) is 45.1. The Labute approximate surface area is 780 Å². The van der Waals surface area contributed by atoms with Crippen molar-refractivity contribution in [2.24, 2.45) is 0 Å². The Kier molecular flexibility index (Phi) is 21.8. The number of hydrogen-bond acceptors (Lipinski definition) is 9. The van der Waals surface area contributed by atoms with Gasteiger partial charge in [0.05, 0.1) is 84.3 Å². The summed E-state index contributed by atoms with van der Waals surface area (Å²) < 4.78 is 6.81. The smallest absolute Gasteiger partial charge is 0.145 e. The molecule has 634 valence electrons. The van der Waals surface area contributed by atoms with Crippen molar-refractivity contribution in [3.8, 4) is 163 Å². The highest BCUT2D eigenvalue weighted by Gasteiger charge is 2.21. The average Bonchev–Trinajstić information content (AvgIpc) is 1.72. The van der Waals surface area contributed by atoms with Crippen molar-refractivity contribution in [1.82, 2.24) is 58.6 Å². The molecular weight excluding hydrogens is 1650 g/mol. The van der Waals surface area contributed by atoms with E-state index in [0.29, 0.717) is 0 Å². The van der Waals surface area contributed by atoms with Crippen LogP contribution in [0.3, 0.4) is 0 Å². The lowest BCUT2D eigenvalue weighted by molar-refractivity contribution is 1.14. The van der Waals surface area contributed by atoms with E-state index in [0.717, 1.165) is 173 Å². The molecule has 0 bridgehead atoms. The van der Waals surface area contributed by atoms with E-state index in [1.54, 1.807) is 0 Å². The summed E-state index contributed by atoms with van der Waals surface area (Å²) in [5.41, 5.74) is 38.0. The third-order valence-electron chi connectivity index (χ3n) is 25.1. The number of aromatic nitrogens is 12. The summed E-state index contributed by atoms with van der Waals surface area (Å²) in [5.74, 6) is 0. The zero-order chi connectivity index (χ0) is 89.8. The third-order valence-corrected chi connectivity index (χ3v) is 25.1. The van der Waals surface area contributed by atoms with E-state index in [4.69, 9.17) is 24.9 Å². The van der Waals surface area contributed by atoms with Crippen molar-refractivity contribution < 1.29 is 0 Å². The SMILES string of the molecule is c1ccc(-c2ccc(-c3cc(-c4ccc(-n5c6ccccc6c6cccnc65)cc4)cc(-c4ccccn4)n3)cc2)cc1.c1ccc(-c2ccc(-c3cc(-c4ccc(-n5c6ccccc6c6cnccc65)cc4)nc(-c4ccccn4)c3)cc2)cc1.c1ccc(-c2ccc(-c3ccc(-c4cc(-c5ccc(-n6c7ccccc7c7ncccc76)cc5)nc(-c5ccccn5)c4)cc3)cc2)cc1. The highest BCUT2D eigenvalue weighted by Crippen LogP contribution is 2.41. The number of para-hydroxylation sites is 3. The highest BCUT2D eigenvalue weighted by atomic mass is 15.0. The first kappa shape index (κ1) is 81.1. The van der Waals surface area contributed by atoms with Gasteiger partial charge in [0.15, 0.2) is 0 Å². The molecule has 12 heteroatoms. The first-order chi connectivity index (χ1) is 66.9. The van der Waals surface area contributed by atoms with E-state index in [9.17, 15) is 0 Å². The van der Waals surface area contributed by atoms with Crippen LogP contribution in [0.5, 0.6) is 0 Å². The molecule has 0 aliphatic carbocycles. The molecule has 0 saturated carbocycles. The summed E-state index contributed by atoms with van der Waals surface area (Å²) in [7, 11) is 0. The molecule has 0 aliphatic heterocycles. The second-order valence-electron chi connectivity index (χ2n) is 33.3. The van der Waals surface area contributed by atoms with Gasteiger partial charge >= 0.3 is 0 Å². The standard InChI is InChI=1S/C45H30N4.2C39H26N4/c1-2-9-31(10-3-1)32-15-17-33(18-16-32)34-19-21-35(22-20-34)37-29-41(48-42(30-37)40-12-6-7-27-46-40)36-23-25-38(26-24-36)49-43-13-5-4-11-39(43)45-44(49)14-8-28-47-45;1-2-9-27(10-3-1)28-15-17-30(18-16-28)36-25-31(26-37(42-36)35-13-6-7-23-40-35)29-19-21-32(22-20-29)43-38-14-5-4-11-33(38)34-12-8-24-41-39(34)43;1-2-8-27(9-3-1)28-13-15-29(16-14-28)31-24-36(42-37(25-31)35-11-6-7-22-41-35)30-17-19-32(20-18-30)43-38-12-5-4-10-33(38)34-26-40-23-21-39(34)43/h1-30H;2*1-26H. The summed E-state index contributed by atoms with van der Waals surface area (Å²) in [6.07, 6.45) is 13.0. The minimum Gasteiger partial charge on any atom is -0.309 e. The molecule has 0 spiro atoms. The van der Waals surface area contributed by atoms with E-state index in [-0.39, 0.29) is 0 Å². The van der Waals surface area contributed by atoms with Gasteiger partial charge in [0, 0.05) is 104 Å². The maximum absolute atomic E-state index is 5.11. The minimum absolute atomic E-state index is 0.839. The lowest BCUT2D eigenvalue weighted by atomic mass is 9.97. The summed E-state index contributed by atoms with van der Waals surface area (Å²) in [5, 5.41) is 5.84. The van der Waals surface area contributed by atoms with Crippen molar-refractivity contribution in [2.45, 2.75) is 0 Å². The molecule has 12 nitrogen and oxygen atoms in total. The lowest BCUT2D eigenvalue weighted by Gasteiger charge is -2.12. The number of rotatable bonds is 16. The molecule has 0 amide bonds. The van der Waals surface area contributed by atoms with Gasteiger partial charge < -0.3 is 9.13 Å². The van der Waals surface area contributed by atoms with Crippen LogP contribution in [-0.2, 0) is 0 Å². The first-order valence-electron chi connectivity index (χ1n) is 45.1. The predicted molar refractivity (Wildman–Crippen MR) is 553 cm³/mol. The molecular formula is C123H82N12. The van der Waals surface area contributed by atoms with Crippen molar-refractivity contribution >= 4 is 65.7 Å². The van der Waals surface area contributed by atoms with Gasteiger partial charge in [0.1, 0.15) is 5.65 Å². The molecule has 0 fully saturated rings. The van der Waals surface area contributed by atoms with Crippen LogP contribution in [0.15, 0.2) is 498 Å². The van der Waals surface area contributed by atoms with Gasteiger partial charge in [-0.2, -0.15) is 0 Å². The van der Waals surface area contributed by atoms with E-state index in [1.807, 2.05) is 128 Å². The van der Waals surface area contributed by atoms with Crippen LogP contribution >= 0.6 is 0 Å². The zero-order valence-corrected chi connectivity index (χ0v) is 73.2. The molecule has 13 aromatic carbocycles. The van der Waals surface area contributed by atoms with Crippen molar-refractivity contribution in [3.05, 3.63) is 498 Å². The minimum atomic E-state index is 0.839. The molecule has 0 unspecified atom stereocenters. The van der Waals surface area contributed by atoms with Crippen LogP contribution in [0.25, 0.3) is 229 Å². The Morgan fingerprint density at radius 1 is 0.148 bits per heavy atom. The van der Waals surface area contributed by atoms with Crippen LogP contribution in [-0.4, -0.2) is 58.6 Å². The molecule has 12 heterocycles. The van der Waals surface area contributed by atoms with E-state index >= 15 is 0 Å². The van der Waals surface area contributed by atoms with Crippen LogP contribution in [0, 0.1) is 0 Å². The summed E-state index contributed by atoms with van der Waals surface area (Å²) in [4.78, 5) is 42.9. The molecule has 0 N–H and O–H groups in total. The second kappa shape index (κ2) is 36.3. The summed E-state index contributed by atoms with van der Waals surface area (Å²) in [6, 6.07) is 159. The van der Waals surface area contributed by atoms with Crippen molar-refractivity contribution in [2.75, 3.05) is 0 Å². The average molecular weight is 1730 g/mol. The summed E-state index contributed by atoms with van der Waals surface area (Å²) in [6.45, 7) is 0. The number of nitrogens with zero attached hydrogens (tertiary/aromatic N) is 12. The monoisotopic (exact) mass is 1730 g/mol. The van der Waals surface area contributed by atoms with E-state index < -0.39 is 0 Å². The number of pyridine rings is 9. The Bertz CT molecular complexity index is 8070. The number of fused-ring (bicyclic) bond motifs is 9. The number of hydrogen-bond donors (Lipinski definition) is 0. The van der Waals surface area contributed by atoms with Gasteiger partial charge in [0.25, 0.3) is 0 Å². The quantitative estimate of drug-likeness (QED) is 0.0928. The van der Waals surface area contributed by atoms with Crippen molar-refractivity contribution in [1.29, 1.82) is 0 Å². The van der Waals surface area contributed by atoms with Gasteiger partial charge in [-0.05, 0) is 236 Å². The van der Waals surface area contributed by atoms with Crippen LogP contribution in [0.2, 0.25) is 0 Å². The fraction of sp³-hybridized carbons (Fsp3) is 0. The summed E-state index contributed by atoms with van der Waals surface area (Å²) >= 11 is 0. The normalized spacial score (nSPS) is 11.3. The molecule has 0 radical (unpaired) electrons. The Balaban J connectivity index is 0.000000114. The predicted octanol–water partition coefficient (Wildman–Crippen LogP) is 30.6. The maximum atomic E-state index is 5.11. The second-order valence-corrected chi connectivity index (χ2v) is 33.3. The molecule has 25 rings (SSSR count). The Morgan fingerprint density at radius 2 is 0.422 bits per heavy atom. The zero-order valence-electron chi connectivity index (χ0n) is 73.2. The molecule has 25 aromatic rings.